The molecular formula is C19H27NOSSi2. The molecule has 0 aliphatic heterocycles. The summed E-state index contributed by atoms with van der Waals surface area (Å²) in [6.45, 7) is 14.2. The Balaban J connectivity index is 2.32. The van der Waals surface area contributed by atoms with Gasteiger partial charge in [0.15, 0.2) is 0 Å². The van der Waals surface area contributed by atoms with Crippen molar-refractivity contribution in [2.24, 2.45) is 0 Å². The summed E-state index contributed by atoms with van der Waals surface area (Å²) < 4.78 is 2.64. The molecule has 128 valence electrons. The van der Waals surface area contributed by atoms with Crippen molar-refractivity contribution in [1.82, 2.24) is 0 Å². The standard InChI is InChI=1S/C19H27NOSSi2/c1-23(2,3)20(24(4,5)6)17-12-10-11-16(15-17)19(21)22-18-13-8-7-9-14-18/h7-15H,1-6H3. The first kappa shape index (κ1) is 19.0. The van der Waals surface area contributed by atoms with Gasteiger partial charge in [0.2, 0.25) is 5.12 Å². The first-order chi connectivity index (χ1) is 11.1. The average Bonchev–Trinajstić information content (AvgIpc) is 2.45. The highest BCUT2D eigenvalue weighted by molar-refractivity contribution is 8.14. The highest BCUT2D eigenvalue weighted by atomic mass is 32.2. The second kappa shape index (κ2) is 7.29. The van der Waals surface area contributed by atoms with Crippen molar-refractivity contribution in [3.8, 4) is 0 Å². The normalized spacial score (nSPS) is 12.1. The summed E-state index contributed by atoms with van der Waals surface area (Å²) >= 11 is 1.30. The fourth-order valence-corrected chi connectivity index (χ4v) is 13.8. The van der Waals surface area contributed by atoms with Crippen LogP contribution in [0.25, 0.3) is 0 Å². The summed E-state index contributed by atoms with van der Waals surface area (Å²) in [4.78, 5) is 13.6. The molecule has 2 aromatic rings. The van der Waals surface area contributed by atoms with Gasteiger partial charge in [0.1, 0.15) is 16.5 Å². The molecule has 2 aromatic carbocycles. The van der Waals surface area contributed by atoms with E-state index in [1.54, 1.807) is 0 Å². The van der Waals surface area contributed by atoms with Gasteiger partial charge in [-0.2, -0.15) is 0 Å². The Morgan fingerprint density at radius 1 is 0.833 bits per heavy atom. The van der Waals surface area contributed by atoms with E-state index in [9.17, 15) is 4.79 Å². The molecule has 0 N–H and O–H groups in total. The molecule has 0 fully saturated rings. The Morgan fingerprint density at radius 2 is 1.42 bits per heavy atom. The topological polar surface area (TPSA) is 20.3 Å². The maximum Gasteiger partial charge on any atom is 0.224 e. The zero-order valence-corrected chi connectivity index (χ0v) is 18.3. The number of nitrogens with zero attached hydrogens (tertiary/aromatic N) is 1. The van der Waals surface area contributed by atoms with Gasteiger partial charge in [0, 0.05) is 16.1 Å². The third-order valence-electron chi connectivity index (χ3n) is 3.64. The largest absolute Gasteiger partial charge is 0.425 e. The number of hydrogen-bond acceptors (Lipinski definition) is 3. The van der Waals surface area contributed by atoms with E-state index in [0.29, 0.717) is 0 Å². The van der Waals surface area contributed by atoms with Gasteiger partial charge < -0.3 is 4.23 Å². The van der Waals surface area contributed by atoms with E-state index < -0.39 is 16.5 Å². The lowest BCUT2D eigenvalue weighted by Gasteiger charge is -2.46. The Morgan fingerprint density at radius 3 is 1.96 bits per heavy atom. The minimum absolute atomic E-state index is 0.106. The molecule has 2 rings (SSSR count). The molecule has 0 radical (unpaired) electrons. The monoisotopic (exact) mass is 373 g/mol. The second-order valence-corrected chi connectivity index (χ2v) is 19.0. The van der Waals surface area contributed by atoms with E-state index in [0.717, 1.165) is 10.5 Å². The second-order valence-electron chi connectivity index (χ2n) is 7.93. The van der Waals surface area contributed by atoms with Crippen LogP contribution in [0.5, 0.6) is 0 Å². The van der Waals surface area contributed by atoms with Crippen LogP contribution in [0.4, 0.5) is 5.69 Å². The van der Waals surface area contributed by atoms with Crippen molar-refractivity contribution in [3.63, 3.8) is 0 Å². The molecular weight excluding hydrogens is 346 g/mol. The predicted octanol–water partition coefficient (Wildman–Crippen LogP) is 6.10. The summed E-state index contributed by atoms with van der Waals surface area (Å²) in [5.74, 6) is 0. The van der Waals surface area contributed by atoms with Crippen LogP contribution >= 0.6 is 11.8 Å². The zero-order chi connectivity index (χ0) is 18.0. The van der Waals surface area contributed by atoms with E-state index in [2.05, 4.69) is 55.6 Å². The van der Waals surface area contributed by atoms with Crippen LogP contribution in [0.1, 0.15) is 10.4 Å². The Labute approximate surface area is 152 Å². The smallest absolute Gasteiger partial charge is 0.224 e. The molecule has 0 saturated heterocycles. The van der Waals surface area contributed by atoms with Gasteiger partial charge in [-0.15, -0.1) is 0 Å². The predicted molar refractivity (Wildman–Crippen MR) is 112 cm³/mol. The van der Waals surface area contributed by atoms with Gasteiger partial charge in [-0.1, -0.05) is 69.6 Å². The fraction of sp³-hybridized carbons (Fsp3) is 0.316. The van der Waals surface area contributed by atoms with Crippen molar-refractivity contribution in [2.45, 2.75) is 44.2 Å². The molecule has 0 aromatic heterocycles. The maximum absolute atomic E-state index is 12.7. The molecule has 0 amide bonds. The summed E-state index contributed by atoms with van der Waals surface area (Å²) in [6, 6.07) is 18.0. The van der Waals surface area contributed by atoms with Gasteiger partial charge >= 0.3 is 0 Å². The van der Waals surface area contributed by atoms with Crippen LogP contribution in [-0.4, -0.2) is 21.6 Å². The first-order valence-corrected chi connectivity index (χ1v) is 16.0. The number of rotatable bonds is 5. The molecule has 0 heterocycles. The molecule has 2 nitrogen and oxygen atoms in total. The lowest BCUT2D eigenvalue weighted by atomic mass is 10.2. The zero-order valence-electron chi connectivity index (χ0n) is 15.5. The first-order valence-electron chi connectivity index (χ1n) is 8.27. The summed E-state index contributed by atoms with van der Waals surface area (Å²) in [5.41, 5.74) is 1.98. The van der Waals surface area contributed by atoms with E-state index >= 15 is 0 Å². The van der Waals surface area contributed by atoms with Crippen LogP contribution in [0, 0.1) is 0 Å². The molecule has 0 saturated carbocycles. The lowest BCUT2D eigenvalue weighted by molar-refractivity contribution is 0.108. The van der Waals surface area contributed by atoms with Crippen molar-refractivity contribution in [3.05, 3.63) is 60.2 Å². The number of carbonyl (C=O) groups is 1. The van der Waals surface area contributed by atoms with Gasteiger partial charge in [-0.25, -0.2) is 0 Å². The summed E-state index contributed by atoms with van der Waals surface area (Å²) in [5, 5.41) is 0.106. The Hall–Kier alpha value is -1.31. The molecule has 0 unspecified atom stereocenters. The van der Waals surface area contributed by atoms with Gasteiger partial charge in [-0.3, -0.25) is 4.79 Å². The molecule has 0 bridgehead atoms. The third kappa shape index (κ3) is 4.85. The van der Waals surface area contributed by atoms with E-state index in [4.69, 9.17) is 0 Å². The molecule has 0 spiro atoms. The number of thioether (sulfide) groups is 1. The lowest BCUT2D eigenvalue weighted by Crippen LogP contribution is -2.59. The molecule has 24 heavy (non-hydrogen) atoms. The van der Waals surface area contributed by atoms with Gasteiger partial charge in [-0.05, 0) is 36.0 Å². The van der Waals surface area contributed by atoms with Gasteiger partial charge in [0.25, 0.3) is 0 Å². The molecule has 0 aliphatic carbocycles. The number of hydrogen-bond donors (Lipinski definition) is 0. The molecule has 0 aliphatic rings. The minimum atomic E-state index is -1.52. The number of carbonyl (C=O) groups excluding carboxylic acids is 1. The third-order valence-corrected chi connectivity index (χ3v) is 11.8. The number of anilines is 1. The van der Waals surface area contributed by atoms with Crippen LogP contribution in [-0.2, 0) is 0 Å². The van der Waals surface area contributed by atoms with Crippen LogP contribution < -0.4 is 4.23 Å². The van der Waals surface area contributed by atoms with Crippen molar-refractivity contribution >= 4 is 39.0 Å². The molecule has 5 heteroatoms. The van der Waals surface area contributed by atoms with Crippen LogP contribution in [0.15, 0.2) is 59.5 Å². The SMILES string of the molecule is C[Si](C)(C)N(c1cccc(C(=O)Sc2ccccc2)c1)[Si](C)(C)C. The average molecular weight is 374 g/mol. The summed E-state index contributed by atoms with van der Waals surface area (Å²) in [7, 11) is -3.04. The van der Waals surface area contributed by atoms with Crippen LogP contribution in [0.2, 0.25) is 39.3 Å². The minimum Gasteiger partial charge on any atom is -0.425 e. The maximum atomic E-state index is 12.7. The quantitative estimate of drug-likeness (QED) is 0.467. The fourth-order valence-electron chi connectivity index (χ4n) is 3.21. The Bertz CT molecular complexity index is 691. The van der Waals surface area contributed by atoms with E-state index in [-0.39, 0.29) is 5.12 Å². The number of benzene rings is 2. The van der Waals surface area contributed by atoms with E-state index in [1.165, 1.54) is 17.4 Å². The molecule has 0 atom stereocenters. The van der Waals surface area contributed by atoms with Crippen molar-refractivity contribution < 1.29 is 4.79 Å². The van der Waals surface area contributed by atoms with Crippen molar-refractivity contribution in [1.29, 1.82) is 0 Å². The Kier molecular flexibility index (Phi) is 5.78. The van der Waals surface area contributed by atoms with Gasteiger partial charge in [0.05, 0.1) is 0 Å². The summed E-state index contributed by atoms with van der Waals surface area (Å²) in [6.07, 6.45) is 0. The highest BCUT2D eigenvalue weighted by Crippen LogP contribution is 2.30. The van der Waals surface area contributed by atoms with Crippen LogP contribution in [0.3, 0.4) is 0 Å². The van der Waals surface area contributed by atoms with E-state index in [1.807, 2.05) is 42.5 Å². The van der Waals surface area contributed by atoms with Crippen molar-refractivity contribution in [2.75, 3.05) is 4.23 Å². The highest BCUT2D eigenvalue weighted by Gasteiger charge is 2.34.